The highest BCUT2D eigenvalue weighted by Crippen LogP contribution is 2.31. The molecule has 0 spiro atoms. The van der Waals surface area contributed by atoms with Crippen LogP contribution in [0.3, 0.4) is 0 Å². The fraction of sp³-hybridized carbons (Fsp3) is 0.115. The molecule has 0 amide bonds. The second-order valence-electron chi connectivity index (χ2n) is 7.51. The van der Waals surface area contributed by atoms with Gasteiger partial charge in [-0.05, 0) is 36.1 Å². The Labute approximate surface area is 189 Å². The molecule has 160 valence electrons. The Kier molecular flexibility index (Phi) is 5.93. The molecule has 0 aliphatic carbocycles. The van der Waals surface area contributed by atoms with Gasteiger partial charge in [-0.15, -0.1) is 0 Å². The van der Waals surface area contributed by atoms with Gasteiger partial charge in [0, 0.05) is 28.6 Å². The number of carbonyl (C=O) groups is 2. The number of aromatic nitrogens is 1. The lowest BCUT2D eigenvalue weighted by atomic mass is 9.97. The van der Waals surface area contributed by atoms with Crippen molar-refractivity contribution >= 4 is 34.1 Å². The Morgan fingerprint density at radius 3 is 2.19 bits per heavy atom. The van der Waals surface area contributed by atoms with E-state index in [0.29, 0.717) is 32.5 Å². The maximum Gasteiger partial charge on any atom is 0.356 e. The summed E-state index contributed by atoms with van der Waals surface area (Å²) in [6, 6.07) is 21.1. The van der Waals surface area contributed by atoms with Crippen LogP contribution in [0.15, 0.2) is 77.6 Å². The smallest absolute Gasteiger partial charge is 0.356 e. The second kappa shape index (κ2) is 8.81. The maximum absolute atomic E-state index is 13.2. The number of hydrogen-bond donors (Lipinski definition) is 0. The molecule has 0 saturated carbocycles. The van der Waals surface area contributed by atoms with Crippen LogP contribution in [0.1, 0.15) is 26.4 Å². The van der Waals surface area contributed by atoms with Gasteiger partial charge in [0.25, 0.3) is 5.56 Å². The summed E-state index contributed by atoms with van der Waals surface area (Å²) in [4.78, 5) is 38.6. The molecule has 0 radical (unpaired) electrons. The molecule has 6 heteroatoms. The average Bonchev–Trinajstić information content (AvgIpc) is 2.80. The maximum atomic E-state index is 13.2. The highest BCUT2D eigenvalue weighted by molar-refractivity contribution is 6.30. The van der Waals surface area contributed by atoms with Crippen LogP contribution in [-0.4, -0.2) is 22.9 Å². The monoisotopic (exact) mass is 445 g/mol. The number of Topliss-reactive ketones (excluding diaryl/α,β-unsaturated/α-hetero) is 1. The van der Waals surface area contributed by atoms with Crippen LogP contribution >= 0.6 is 11.6 Å². The molecule has 4 aromatic rings. The van der Waals surface area contributed by atoms with Crippen LogP contribution in [0.4, 0.5) is 0 Å². The number of fused-ring (bicyclic) bond motifs is 1. The number of ether oxygens (including phenoxy) is 1. The Balaban J connectivity index is 1.78. The Morgan fingerprint density at radius 2 is 1.53 bits per heavy atom. The first-order valence-electron chi connectivity index (χ1n) is 10.0. The molecular weight excluding hydrogens is 426 g/mol. The molecule has 0 bridgehead atoms. The third-order valence-corrected chi connectivity index (χ3v) is 5.59. The van der Waals surface area contributed by atoms with E-state index in [1.807, 2.05) is 19.1 Å². The number of ketones is 1. The van der Waals surface area contributed by atoms with Crippen LogP contribution < -0.4 is 5.56 Å². The molecule has 0 aliphatic rings. The number of rotatable bonds is 5. The minimum absolute atomic E-state index is 0.0766. The molecule has 3 aromatic carbocycles. The summed E-state index contributed by atoms with van der Waals surface area (Å²) in [5.41, 5.74) is 2.49. The predicted molar refractivity (Wildman–Crippen MR) is 125 cm³/mol. The van der Waals surface area contributed by atoms with E-state index in [0.717, 1.165) is 5.56 Å². The van der Waals surface area contributed by atoms with E-state index in [-0.39, 0.29) is 17.0 Å². The standard InChI is InChI=1S/C26H20ClNO4/c1-16-7-9-17(10-8-16)22(29)15-32-26(31)24-23(18-11-13-19(27)14-12-18)20-5-3-4-6-21(20)25(30)28(24)2/h3-14H,15H2,1-2H3. The SMILES string of the molecule is Cc1ccc(C(=O)COC(=O)c2c(-c3ccc(Cl)cc3)c3ccccc3c(=O)n2C)cc1. The van der Waals surface area contributed by atoms with Gasteiger partial charge in [0.05, 0.1) is 0 Å². The lowest BCUT2D eigenvalue weighted by Gasteiger charge is -2.16. The summed E-state index contributed by atoms with van der Waals surface area (Å²) in [5.74, 6) is -1.07. The fourth-order valence-corrected chi connectivity index (χ4v) is 3.76. The van der Waals surface area contributed by atoms with E-state index in [1.54, 1.807) is 60.7 Å². The van der Waals surface area contributed by atoms with Crippen molar-refractivity contribution in [1.29, 1.82) is 0 Å². The summed E-state index contributed by atoms with van der Waals surface area (Å²) < 4.78 is 6.64. The van der Waals surface area contributed by atoms with Crippen molar-refractivity contribution in [2.45, 2.75) is 6.92 Å². The summed E-state index contributed by atoms with van der Waals surface area (Å²) in [7, 11) is 1.52. The Morgan fingerprint density at radius 1 is 0.906 bits per heavy atom. The van der Waals surface area contributed by atoms with Gasteiger partial charge >= 0.3 is 5.97 Å². The number of benzene rings is 3. The van der Waals surface area contributed by atoms with E-state index < -0.39 is 12.6 Å². The number of aryl methyl sites for hydroxylation is 1. The van der Waals surface area contributed by atoms with Gasteiger partial charge in [-0.3, -0.25) is 9.59 Å². The first-order valence-corrected chi connectivity index (χ1v) is 10.4. The van der Waals surface area contributed by atoms with Crippen LogP contribution in [0.25, 0.3) is 21.9 Å². The zero-order chi connectivity index (χ0) is 22.8. The van der Waals surface area contributed by atoms with Gasteiger partial charge in [0.1, 0.15) is 5.69 Å². The molecule has 4 rings (SSSR count). The average molecular weight is 446 g/mol. The lowest BCUT2D eigenvalue weighted by Crippen LogP contribution is -2.27. The van der Waals surface area contributed by atoms with Crippen LogP contribution in [0.2, 0.25) is 5.02 Å². The van der Waals surface area contributed by atoms with Crippen LogP contribution in [-0.2, 0) is 11.8 Å². The number of pyridine rings is 1. The van der Waals surface area contributed by atoms with Crippen molar-refractivity contribution in [2.24, 2.45) is 7.05 Å². The molecule has 5 nitrogen and oxygen atoms in total. The normalized spacial score (nSPS) is 10.8. The van der Waals surface area contributed by atoms with E-state index in [1.165, 1.54) is 11.6 Å². The topological polar surface area (TPSA) is 65.4 Å². The first-order chi connectivity index (χ1) is 15.4. The quantitative estimate of drug-likeness (QED) is 0.312. The summed E-state index contributed by atoms with van der Waals surface area (Å²) in [6.07, 6.45) is 0. The van der Waals surface area contributed by atoms with Gasteiger partial charge in [-0.25, -0.2) is 4.79 Å². The van der Waals surface area contributed by atoms with Gasteiger partial charge < -0.3 is 9.30 Å². The molecule has 0 N–H and O–H groups in total. The van der Waals surface area contributed by atoms with E-state index >= 15 is 0 Å². The fourth-order valence-electron chi connectivity index (χ4n) is 3.64. The molecule has 0 atom stereocenters. The van der Waals surface area contributed by atoms with Crippen LogP contribution in [0.5, 0.6) is 0 Å². The van der Waals surface area contributed by atoms with Crippen molar-refractivity contribution in [3.63, 3.8) is 0 Å². The second-order valence-corrected chi connectivity index (χ2v) is 7.94. The number of carbonyl (C=O) groups excluding carboxylic acids is 2. The molecule has 0 fully saturated rings. The molecule has 1 aromatic heterocycles. The van der Waals surface area contributed by atoms with Gasteiger partial charge in [0.2, 0.25) is 0 Å². The third-order valence-electron chi connectivity index (χ3n) is 5.34. The molecule has 0 unspecified atom stereocenters. The minimum atomic E-state index is -0.749. The Bertz CT molecular complexity index is 1390. The van der Waals surface area contributed by atoms with Gasteiger partial charge in [-0.2, -0.15) is 0 Å². The van der Waals surface area contributed by atoms with Crippen molar-refractivity contribution < 1.29 is 14.3 Å². The van der Waals surface area contributed by atoms with Gasteiger partial charge in [0.15, 0.2) is 12.4 Å². The van der Waals surface area contributed by atoms with Crippen molar-refractivity contribution in [2.75, 3.05) is 6.61 Å². The number of halogens is 1. The number of hydrogen-bond acceptors (Lipinski definition) is 4. The minimum Gasteiger partial charge on any atom is -0.453 e. The predicted octanol–water partition coefficient (Wildman–Crippen LogP) is 5.21. The highest BCUT2D eigenvalue weighted by Gasteiger charge is 2.23. The molecule has 0 aliphatic heterocycles. The highest BCUT2D eigenvalue weighted by atomic mass is 35.5. The lowest BCUT2D eigenvalue weighted by molar-refractivity contribution is 0.0465. The first kappa shape index (κ1) is 21.5. The summed E-state index contributed by atoms with van der Waals surface area (Å²) in [5, 5.41) is 1.65. The Hall–Kier alpha value is -3.70. The largest absolute Gasteiger partial charge is 0.453 e. The van der Waals surface area contributed by atoms with Crippen molar-refractivity contribution in [1.82, 2.24) is 4.57 Å². The number of esters is 1. The van der Waals surface area contributed by atoms with Crippen molar-refractivity contribution in [3.05, 3.63) is 105 Å². The van der Waals surface area contributed by atoms with E-state index in [9.17, 15) is 14.4 Å². The summed E-state index contributed by atoms with van der Waals surface area (Å²) in [6.45, 7) is 1.50. The van der Waals surface area contributed by atoms with E-state index in [2.05, 4.69) is 0 Å². The molecule has 1 heterocycles. The molecule has 32 heavy (non-hydrogen) atoms. The zero-order valence-corrected chi connectivity index (χ0v) is 18.3. The molecule has 0 saturated heterocycles. The van der Waals surface area contributed by atoms with Crippen LogP contribution in [0, 0.1) is 6.92 Å². The zero-order valence-electron chi connectivity index (χ0n) is 17.6. The summed E-state index contributed by atoms with van der Waals surface area (Å²) >= 11 is 6.04. The molecular formula is C26H20ClNO4. The van der Waals surface area contributed by atoms with E-state index in [4.69, 9.17) is 16.3 Å². The van der Waals surface area contributed by atoms with Gasteiger partial charge in [-0.1, -0.05) is 71.8 Å². The van der Waals surface area contributed by atoms with Crippen molar-refractivity contribution in [3.8, 4) is 11.1 Å². The third kappa shape index (κ3) is 4.07. The number of nitrogens with zero attached hydrogens (tertiary/aromatic N) is 1.